The minimum atomic E-state index is -0.594. The number of nitrogens with one attached hydrogen (secondary N) is 1. The van der Waals surface area contributed by atoms with Gasteiger partial charge in [-0.05, 0) is 44.7 Å². The molecule has 2 aliphatic heterocycles. The van der Waals surface area contributed by atoms with Crippen molar-refractivity contribution in [2.75, 3.05) is 25.5 Å². The topological polar surface area (TPSA) is 67.3 Å². The van der Waals surface area contributed by atoms with Crippen LogP contribution in [0.1, 0.15) is 42.5 Å². The Morgan fingerprint density at radius 1 is 1.39 bits per heavy atom. The molecule has 1 saturated heterocycles. The first-order chi connectivity index (χ1) is 13.4. The van der Waals surface area contributed by atoms with Crippen molar-refractivity contribution in [2.45, 2.75) is 44.6 Å². The average molecular weight is 384 g/mol. The Morgan fingerprint density at radius 2 is 2.21 bits per heavy atom. The Morgan fingerprint density at radius 3 is 3.00 bits per heavy atom. The summed E-state index contributed by atoms with van der Waals surface area (Å²) in [6.07, 6.45) is 3.88. The van der Waals surface area contributed by atoms with Gasteiger partial charge in [-0.1, -0.05) is 6.07 Å². The van der Waals surface area contributed by atoms with E-state index in [1.807, 2.05) is 17.9 Å². The fraction of sp³-hybridized carbons (Fsp3) is 0.476. The van der Waals surface area contributed by atoms with Crippen molar-refractivity contribution in [3.8, 4) is 5.88 Å². The summed E-state index contributed by atoms with van der Waals surface area (Å²) >= 11 is 0. The molecule has 4 heterocycles. The Labute approximate surface area is 164 Å². The summed E-state index contributed by atoms with van der Waals surface area (Å²) in [6.45, 7) is 4.98. The fourth-order valence-electron chi connectivity index (χ4n) is 4.23. The number of pyridine rings is 2. The number of aryl methyl sites for hydroxylation is 2. The van der Waals surface area contributed by atoms with E-state index < -0.39 is 11.7 Å². The zero-order chi connectivity index (χ0) is 19.9. The summed E-state index contributed by atoms with van der Waals surface area (Å²) in [5.41, 5.74) is 2.36. The van der Waals surface area contributed by atoms with Crippen LogP contribution in [0.15, 0.2) is 24.4 Å². The quantitative estimate of drug-likeness (QED) is 0.881. The van der Waals surface area contributed by atoms with Gasteiger partial charge in [0.1, 0.15) is 11.6 Å². The van der Waals surface area contributed by atoms with Crippen molar-refractivity contribution in [1.29, 1.82) is 0 Å². The molecule has 1 fully saturated rings. The molecule has 7 heteroatoms. The Kier molecular flexibility index (Phi) is 4.69. The maximum Gasteiger partial charge on any atom is 0.230 e. The van der Waals surface area contributed by atoms with Gasteiger partial charge in [0.15, 0.2) is 0 Å². The van der Waals surface area contributed by atoms with E-state index in [2.05, 4.69) is 21.4 Å². The first-order valence-corrected chi connectivity index (χ1v) is 9.64. The van der Waals surface area contributed by atoms with Crippen molar-refractivity contribution >= 4 is 11.7 Å². The first-order valence-electron chi connectivity index (χ1n) is 9.64. The number of aromatic nitrogens is 2. The van der Waals surface area contributed by atoms with Crippen LogP contribution >= 0.6 is 0 Å². The number of halogens is 1. The van der Waals surface area contributed by atoms with Gasteiger partial charge in [0.25, 0.3) is 0 Å². The molecule has 148 valence electrons. The Balaban J connectivity index is 1.50. The summed E-state index contributed by atoms with van der Waals surface area (Å²) in [5, 5.41) is 3.60. The van der Waals surface area contributed by atoms with Crippen LogP contribution in [-0.4, -0.2) is 46.5 Å². The molecule has 2 aliphatic rings. The third-order valence-corrected chi connectivity index (χ3v) is 5.95. The minimum absolute atomic E-state index is 0.0752. The van der Waals surface area contributed by atoms with E-state index in [9.17, 15) is 9.18 Å². The van der Waals surface area contributed by atoms with Crippen LogP contribution in [0.5, 0.6) is 5.88 Å². The van der Waals surface area contributed by atoms with E-state index in [4.69, 9.17) is 4.74 Å². The molecule has 2 aromatic heterocycles. The summed E-state index contributed by atoms with van der Waals surface area (Å²) < 4.78 is 19.3. The van der Waals surface area contributed by atoms with Gasteiger partial charge in [-0.3, -0.25) is 4.79 Å². The highest BCUT2D eigenvalue weighted by Crippen LogP contribution is 2.37. The van der Waals surface area contributed by atoms with E-state index in [0.29, 0.717) is 24.5 Å². The van der Waals surface area contributed by atoms with Gasteiger partial charge in [-0.15, -0.1) is 0 Å². The second-order valence-corrected chi connectivity index (χ2v) is 7.85. The fourth-order valence-corrected chi connectivity index (χ4v) is 4.23. The molecule has 2 aromatic rings. The molecule has 0 aliphatic carbocycles. The van der Waals surface area contributed by atoms with Gasteiger partial charge < -0.3 is 15.0 Å². The summed E-state index contributed by atoms with van der Waals surface area (Å²) in [5.74, 6) is 0.0801. The van der Waals surface area contributed by atoms with Crippen molar-refractivity contribution < 1.29 is 13.9 Å². The standard InChI is InChI=1S/C21H25FN4O2/c1-13-4-5-15-6-7-21(25-19(15)24-13)8-9-26(12-21)20(27)14(2)16-10-18(28-3)23-11-17(16)22/h4-5,10-11,14H,6-9,12H2,1-3H3,(H,24,25)/t14-,21-/m1/s1. The smallest absolute Gasteiger partial charge is 0.230 e. The van der Waals surface area contributed by atoms with Gasteiger partial charge in [0.2, 0.25) is 11.8 Å². The molecular weight excluding hydrogens is 359 g/mol. The lowest BCUT2D eigenvalue weighted by Crippen LogP contribution is -2.46. The van der Waals surface area contributed by atoms with Crippen LogP contribution in [0.25, 0.3) is 0 Å². The number of rotatable bonds is 3. The predicted molar refractivity (Wildman–Crippen MR) is 104 cm³/mol. The lowest BCUT2D eigenvalue weighted by Gasteiger charge is -2.36. The zero-order valence-corrected chi connectivity index (χ0v) is 16.5. The van der Waals surface area contributed by atoms with Crippen molar-refractivity contribution in [3.05, 3.63) is 47.0 Å². The maximum absolute atomic E-state index is 14.2. The molecule has 1 amide bonds. The molecule has 2 atom stereocenters. The Hall–Kier alpha value is -2.70. The van der Waals surface area contributed by atoms with Crippen LogP contribution in [0.4, 0.5) is 10.2 Å². The molecule has 0 aromatic carbocycles. The van der Waals surface area contributed by atoms with Gasteiger partial charge >= 0.3 is 0 Å². The van der Waals surface area contributed by atoms with E-state index >= 15 is 0 Å². The molecule has 0 bridgehead atoms. The number of likely N-dealkylation sites (tertiary alicyclic amines) is 1. The van der Waals surface area contributed by atoms with Crippen LogP contribution in [0.2, 0.25) is 0 Å². The van der Waals surface area contributed by atoms with Crippen molar-refractivity contribution in [2.24, 2.45) is 0 Å². The number of amides is 1. The highest BCUT2D eigenvalue weighted by Gasteiger charge is 2.43. The molecule has 6 nitrogen and oxygen atoms in total. The summed E-state index contributed by atoms with van der Waals surface area (Å²) in [7, 11) is 1.48. The number of hydrogen-bond donors (Lipinski definition) is 1. The predicted octanol–water partition coefficient (Wildman–Crippen LogP) is 3.07. The number of methoxy groups -OCH3 is 1. The van der Waals surface area contributed by atoms with Crippen LogP contribution in [0, 0.1) is 12.7 Å². The second-order valence-electron chi connectivity index (χ2n) is 7.85. The molecule has 0 radical (unpaired) electrons. The molecule has 0 saturated carbocycles. The van der Waals surface area contributed by atoms with E-state index in [0.717, 1.165) is 37.0 Å². The minimum Gasteiger partial charge on any atom is -0.481 e. The molecule has 0 unspecified atom stereocenters. The normalized spacial score (nSPS) is 21.9. The number of anilines is 1. The second kappa shape index (κ2) is 7.04. The summed E-state index contributed by atoms with van der Waals surface area (Å²) in [6, 6.07) is 5.66. The third-order valence-electron chi connectivity index (χ3n) is 5.95. The van der Waals surface area contributed by atoms with Crippen molar-refractivity contribution in [3.63, 3.8) is 0 Å². The van der Waals surface area contributed by atoms with E-state index in [-0.39, 0.29) is 11.4 Å². The number of fused-ring (bicyclic) bond motifs is 1. The molecule has 1 N–H and O–H groups in total. The SMILES string of the molecule is COc1cc([C@@H](C)C(=O)N2CC[C@]3(CCc4ccc(C)nc4N3)C2)c(F)cn1. The highest BCUT2D eigenvalue weighted by atomic mass is 19.1. The zero-order valence-electron chi connectivity index (χ0n) is 16.5. The maximum atomic E-state index is 14.2. The molecular formula is C21H25FN4O2. The highest BCUT2D eigenvalue weighted by molar-refractivity contribution is 5.84. The lowest BCUT2D eigenvalue weighted by atomic mass is 9.86. The lowest BCUT2D eigenvalue weighted by molar-refractivity contribution is -0.131. The number of nitrogens with zero attached hydrogens (tertiary/aromatic N) is 3. The van der Waals surface area contributed by atoms with Gasteiger partial charge in [-0.2, -0.15) is 0 Å². The average Bonchev–Trinajstić information content (AvgIpc) is 3.10. The van der Waals surface area contributed by atoms with E-state index in [1.165, 1.54) is 18.7 Å². The van der Waals surface area contributed by atoms with Crippen LogP contribution in [-0.2, 0) is 11.2 Å². The van der Waals surface area contributed by atoms with Crippen molar-refractivity contribution in [1.82, 2.24) is 14.9 Å². The molecule has 4 rings (SSSR count). The summed E-state index contributed by atoms with van der Waals surface area (Å²) in [4.78, 5) is 23.4. The molecule has 28 heavy (non-hydrogen) atoms. The first kappa shape index (κ1) is 18.7. The van der Waals surface area contributed by atoms with Gasteiger partial charge in [0.05, 0.1) is 24.8 Å². The van der Waals surface area contributed by atoms with Crippen LogP contribution < -0.4 is 10.1 Å². The molecule has 1 spiro atoms. The van der Waals surface area contributed by atoms with E-state index in [1.54, 1.807) is 6.92 Å². The monoisotopic (exact) mass is 384 g/mol. The third kappa shape index (κ3) is 3.30. The number of carbonyl (C=O) groups is 1. The number of ether oxygens (including phenoxy) is 1. The number of carbonyl (C=O) groups excluding carboxylic acids is 1. The van der Waals surface area contributed by atoms with Gasteiger partial charge in [-0.25, -0.2) is 14.4 Å². The number of hydrogen-bond acceptors (Lipinski definition) is 5. The largest absolute Gasteiger partial charge is 0.481 e. The van der Waals surface area contributed by atoms with Gasteiger partial charge in [0, 0.05) is 30.4 Å². The Bertz CT molecular complexity index is 919. The van der Waals surface area contributed by atoms with Crippen LogP contribution in [0.3, 0.4) is 0 Å².